The average molecular weight is 767 g/mol. The van der Waals surface area contributed by atoms with Gasteiger partial charge in [0.05, 0.1) is 27.8 Å². The van der Waals surface area contributed by atoms with Crippen molar-refractivity contribution < 1.29 is 0 Å². The van der Waals surface area contributed by atoms with Crippen LogP contribution in [0, 0.1) is 0 Å². The number of rotatable bonds is 5. The largest absolute Gasteiger partial charge is 0.310 e. The third-order valence-corrected chi connectivity index (χ3v) is 13.5. The molecule has 1 aliphatic carbocycles. The fourth-order valence-electron chi connectivity index (χ4n) is 10.8. The molecule has 0 bridgehead atoms. The van der Waals surface area contributed by atoms with Crippen molar-refractivity contribution in [3.05, 3.63) is 252 Å². The molecule has 1 aliphatic heterocycles. The number of benzene rings is 9. The molecule has 9 aromatic carbocycles. The first-order valence-electron chi connectivity index (χ1n) is 21.0. The monoisotopic (exact) mass is 766 g/mol. The summed E-state index contributed by atoms with van der Waals surface area (Å²) in [7, 11) is 0. The van der Waals surface area contributed by atoms with Gasteiger partial charge in [-0.15, -0.1) is 0 Å². The van der Waals surface area contributed by atoms with Gasteiger partial charge in [-0.1, -0.05) is 172 Å². The van der Waals surface area contributed by atoms with Crippen molar-refractivity contribution in [3.8, 4) is 27.9 Å². The van der Waals surface area contributed by atoms with Crippen LogP contribution in [0.25, 0.3) is 49.7 Å². The van der Waals surface area contributed by atoms with E-state index in [2.05, 4.69) is 242 Å². The molecule has 0 N–H and O–H groups in total. The SMILES string of the molecule is CC1(C)c2ccccc2-c2cc(C3(c4ccccc4)c4ccccc4N(c4ccc(-c5ccc6c(c5)c5ccccc5n6-c5ccccc5)cc4)c4ccccc43)ccc21. The molecule has 0 spiro atoms. The lowest BCUT2D eigenvalue weighted by atomic mass is 9.62. The Bertz CT molecular complexity index is 3230. The molecule has 0 saturated carbocycles. The van der Waals surface area contributed by atoms with Crippen LogP contribution in [-0.4, -0.2) is 4.57 Å². The van der Waals surface area contributed by atoms with Gasteiger partial charge in [0, 0.05) is 27.6 Å². The fourth-order valence-corrected chi connectivity index (χ4v) is 10.8. The van der Waals surface area contributed by atoms with E-state index in [1.54, 1.807) is 0 Å². The Kier molecular flexibility index (Phi) is 7.52. The van der Waals surface area contributed by atoms with Crippen molar-refractivity contribution in [1.29, 1.82) is 0 Å². The van der Waals surface area contributed by atoms with Crippen LogP contribution in [0.4, 0.5) is 17.1 Å². The molecule has 0 fully saturated rings. The zero-order chi connectivity index (χ0) is 40.0. The van der Waals surface area contributed by atoms with Gasteiger partial charge in [0.25, 0.3) is 0 Å². The fraction of sp³-hybridized carbons (Fsp3) is 0.0690. The molecule has 2 aliphatic rings. The molecule has 1 aromatic heterocycles. The van der Waals surface area contributed by atoms with Gasteiger partial charge in [-0.05, 0) is 116 Å². The van der Waals surface area contributed by atoms with Gasteiger partial charge in [-0.3, -0.25) is 0 Å². The van der Waals surface area contributed by atoms with Crippen LogP contribution >= 0.6 is 0 Å². The van der Waals surface area contributed by atoms with Crippen LogP contribution < -0.4 is 4.90 Å². The molecule has 0 saturated heterocycles. The minimum Gasteiger partial charge on any atom is -0.310 e. The Morgan fingerprint density at radius 1 is 0.350 bits per heavy atom. The lowest BCUT2D eigenvalue weighted by Gasteiger charge is -2.46. The van der Waals surface area contributed by atoms with Gasteiger partial charge in [-0.2, -0.15) is 0 Å². The first kappa shape index (κ1) is 34.6. The maximum absolute atomic E-state index is 2.50. The van der Waals surface area contributed by atoms with Gasteiger partial charge in [0.1, 0.15) is 0 Å². The standard InChI is InChI=1S/C58H42N2/c1-57(2)49-23-11-9-21-45(49)47-38-42(32-35-50(47)57)58(41-17-5-3-6-18-41)51-24-12-15-27-55(51)60(56-28-16-13-25-52(56)58)44-33-29-39(30-34-44)40-31-36-54-48(37-40)46-22-10-14-26-53(46)59(54)43-19-7-4-8-20-43/h3-38H,1-2H3. The Balaban J connectivity index is 1.02. The molecule has 2 heterocycles. The Hall–Kier alpha value is -7.42. The molecule has 12 rings (SSSR count). The first-order chi connectivity index (χ1) is 29.5. The maximum atomic E-state index is 2.50. The summed E-state index contributed by atoms with van der Waals surface area (Å²) in [4.78, 5) is 2.47. The van der Waals surface area contributed by atoms with E-state index in [0.29, 0.717) is 0 Å². The van der Waals surface area contributed by atoms with E-state index in [1.807, 2.05) is 0 Å². The van der Waals surface area contributed by atoms with Crippen molar-refractivity contribution in [2.45, 2.75) is 24.7 Å². The Morgan fingerprint density at radius 2 is 0.917 bits per heavy atom. The summed E-state index contributed by atoms with van der Waals surface area (Å²) < 4.78 is 2.38. The average Bonchev–Trinajstić information content (AvgIpc) is 3.76. The van der Waals surface area contributed by atoms with Gasteiger partial charge >= 0.3 is 0 Å². The van der Waals surface area contributed by atoms with Gasteiger partial charge in [0.15, 0.2) is 0 Å². The molecule has 0 unspecified atom stereocenters. The third kappa shape index (κ3) is 4.82. The number of anilines is 3. The van der Waals surface area contributed by atoms with Crippen LogP contribution in [0.3, 0.4) is 0 Å². The van der Waals surface area contributed by atoms with Crippen LogP contribution in [0.15, 0.2) is 218 Å². The molecular weight excluding hydrogens is 725 g/mol. The summed E-state index contributed by atoms with van der Waals surface area (Å²) >= 11 is 0. The van der Waals surface area contributed by atoms with Crippen molar-refractivity contribution >= 4 is 38.9 Å². The highest BCUT2D eigenvalue weighted by atomic mass is 15.2. The minimum atomic E-state index is -0.560. The highest BCUT2D eigenvalue weighted by molar-refractivity contribution is 6.10. The summed E-state index contributed by atoms with van der Waals surface area (Å²) in [6.45, 7) is 4.73. The van der Waals surface area contributed by atoms with Gasteiger partial charge in [0.2, 0.25) is 0 Å². The van der Waals surface area contributed by atoms with E-state index >= 15 is 0 Å². The van der Waals surface area contributed by atoms with Crippen LogP contribution in [0.1, 0.15) is 47.2 Å². The lowest BCUT2D eigenvalue weighted by molar-refractivity contribution is 0.658. The van der Waals surface area contributed by atoms with Crippen LogP contribution in [0.5, 0.6) is 0 Å². The second-order valence-electron chi connectivity index (χ2n) is 16.9. The zero-order valence-corrected chi connectivity index (χ0v) is 33.7. The number of nitrogens with zero attached hydrogens (tertiary/aromatic N) is 2. The summed E-state index contributed by atoms with van der Waals surface area (Å²) in [6.07, 6.45) is 0. The highest BCUT2D eigenvalue weighted by Gasteiger charge is 2.47. The van der Waals surface area contributed by atoms with E-state index in [0.717, 1.165) is 5.69 Å². The second kappa shape index (κ2) is 13.0. The molecule has 60 heavy (non-hydrogen) atoms. The van der Waals surface area contributed by atoms with Crippen molar-refractivity contribution in [2.24, 2.45) is 0 Å². The smallest absolute Gasteiger partial charge is 0.0742 e. The lowest BCUT2D eigenvalue weighted by Crippen LogP contribution is -2.37. The molecular formula is C58H42N2. The van der Waals surface area contributed by atoms with Crippen molar-refractivity contribution in [1.82, 2.24) is 4.57 Å². The Morgan fingerprint density at radius 3 is 1.65 bits per heavy atom. The van der Waals surface area contributed by atoms with Crippen molar-refractivity contribution in [2.75, 3.05) is 4.90 Å². The third-order valence-electron chi connectivity index (χ3n) is 13.5. The highest BCUT2D eigenvalue weighted by Crippen LogP contribution is 2.59. The second-order valence-corrected chi connectivity index (χ2v) is 16.9. The summed E-state index contributed by atoms with van der Waals surface area (Å²) in [6, 6.07) is 81.0. The van der Waals surface area contributed by atoms with Gasteiger partial charge in [-0.25, -0.2) is 0 Å². The predicted molar refractivity (Wildman–Crippen MR) is 250 cm³/mol. The molecule has 0 amide bonds. The molecule has 10 aromatic rings. The number of hydrogen-bond donors (Lipinski definition) is 0. The minimum absolute atomic E-state index is 0.0670. The van der Waals surface area contributed by atoms with Gasteiger partial charge < -0.3 is 9.47 Å². The van der Waals surface area contributed by atoms with Crippen LogP contribution in [-0.2, 0) is 10.8 Å². The van der Waals surface area contributed by atoms with E-state index in [1.165, 1.54) is 94.5 Å². The number of fused-ring (bicyclic) bond motifs is 8. The van der Waals surface area contributed by atoms with E-state index in [9.17, 15) is 0 Å². The zero-order valence-electron chi connectivity index (χ0n) is 33.7. The molecule has 2 nitrogen and oxygen atoms in total. The topological polar surface area (TPSA) is 8.17 Å². The Labute approximate surface area is 351 Å². The molecule has 0 atom stereocenters. The van der Waals surface area contributed by atoms with E-state index < -0.39 is 5.41 Å². The van der Waals surface area contributed by atoms with E-state index in [-0.39, 0.29) is 5.41 Å². The molecule has 0 radical (unpaired) electrons. The number of hydrogen-bond acceptors (Lipinski definition) is 1. The summed E-state index contributed by atoms with van der Waals surface area (Å²) in [5, 5.41) is 2.51. The number of aromatic nitrogens is 1. The summed E-state index contributed by atoms with van der Waals surface area (Å²) in [5.74, 6) is 0. The maximum Gasteiger partial charge on any atom is 0.0742 e. The molecule has 2 heteroatoms. The number of para-hydroxylation sites is 4. The van der Waals surface area contributed by atoms with Crippen LogP contribution in [0.2, 0.25) is 0 Å². The molecule has 284 valence electrons. The first-order valence-corrected chi connectivity index (χ1v) is 21.0. The quantitative estimate of drug-likeness (QED) is 0.169. The predicted octanol–water partition coefficient (Wildman–Crippen LogP) is 14.9. The normalized spacial score (nSPS) is 14.4. The van der Waals surface area contributed by atoms with Crippen molar-refractivity contribution in [3.63, 3.8) is 0 Å². The summed E-state index contributed by atoms with van der Waals surface area (Å²) in [5.41, 5.74) is 19.4. The van der Waals surface area contributed by atoms with E-state index in [4.69, 9.17) is 0 Å².